The fraction of sp³-hybridized carbons (Fsp3) is 0.278. The molecule has 0 aromatic heterocycles. The highest BCUT2D eigenvalue weighted by Gasteiger charge is 2.14. The summed E-state index contributed by atoms with van der Waals surface area (Å²) in [4.78, 5) is 2.46. The van der Waals surface area contributed by atoms with Gasteiger partial charge in [0.05, 0.1) is 11.9 Å². The Morgan fingerprint density at radius 2 is 1.77 bits per heavy atom. The molecule has 1 aliphatic rings. The van der Waals surface area contributed by atoms with E-state index in [1.807, 2.05) is 36.5 Å². The fourth-order valence-electron chi connectivity index (χ4n) is 2.72. The number of rotatable bonds is 4. The Kier molecular flexibility index (Phi) is 5.11. The van der Waals surface area contributed by atoms with Crippen LogP contribution in [0.5, 0.6) is 0 Å². The van der Waals surface area contributed by atoms with Crippen molar-refractivity contribution in [3.8, 4) is 0 Å². The van der Waals surface area contributed by atoms with Crippen molar-refractivity contribution in [3.05, 3.63) is 58.6 Å². The summed E-state index contributed by atoms with van der Waals surface area (Å²) in [5.74, 6) is 0. The largest absolute Gasteiger partial charge is 0.371 e. The molecular formula is C18H20BrN3. The second-order valence-electron chi connectivity index (χ2n) is 5.49. The first-order valence-corrected chi connectivity index (χ1v) is 8.51. The molecule has 114 valence electrons. The normalized spacial score (nSPS) is 15.2. The number of nitrogens with one attached hydrogen (secondary N) is 1. The van der Waals surface area contributed by atoms with Crippen LogP contribution in [0.3, 0.4) is 0 Å². The number of hydrogen-bond donors (Lipinski definition) is 1. The van der Waals surface area contributed by atoms with Gasteiger partial charge in [0.2, 0.25) is 0 Å². The maximum atomic E-state index is 4.38. The van der Waals surface area contributed by atoms with Crippen molar-refractivity contribution in [2.24, 2.45) is 5.10 Å². The van der Waals surface area contributed by atoms with Crippen molar-refractivity contribution in [3.63, 3.8) is 0 Å². The van der Waals surface area contributed by atoms with E-state index in [-0.39, 0.29) is 0 Å². The van der Waals surface area contributed by atoms with Crippen molar-refractivity contribution >= 4 is 33.5 Å². The van der Waals surface area contributed by atoms with Crippen LogP contribution in [0.25, 0.3) is 0 Å². The van der Waals surface area contributed by atoms with Gasteiger partial charge in [-0.15, -0.1) is 0 Å². The highest BCUT2D eigenvalue weighted by Crippen LogP contribution is 2.26. The van der Waals surface area contributed by atoms with E-state index in [2.05, 4.69) is 49.6 Å². The van der Waals surface area contributed by atoms with Crippen LogP contribution < -0.4 is 10.3 Å². The van der Waals surface area contributed by atoms with E-state index in [9.17, 15) is 0 Å². The van der Waals surface area contributed by atoms with Gasteiger partial charge in [-0.05, 0) is 43.5 Å². The van der Waals surface area contributed by atoms with Gasteiger partial charge in [0.15, 0.2) is 0 Å². The fourth-order valence-corrected chi connectivity index (χ4v) is 3.07. The highest BCUT2D eigenvalue weighted by atomic mass is 79.9. The molecule has 1 N–H and O–H groups in total. The van der Waals surface area contributed by atoms with Crippen LogP contribution in [0.1, 0.15) is 24.8 Å². The van der Waals surface area contributed by atoms with Crippen LogP contribution in [0.15, 0.2) is 58.1 Å². The molecule has 0 spiro atoms. The van der Waals surface area contributed by atoms with Crippen molar-refractivity contribution in [1.82, 2.24) is 0 Å². The first kappa shape index (κ1) is 15.1. The second kappa shape index (κ2) is 7.45. The quantitative estimate of drug-likeness (QED) is 0.623. The zero-order valence-corrected chi connectivity index (χ0v) is 14.1. The minimum absolute atomic E-state index is 0.996. The molecule has 2 aromatic carbocycles. The zero-order chi connectivity index (χ0) is 15.2. The molecule has 1 fully saturated rings. The van der Waals surface area contributed by atoms with E-state index < -0.39 is 0 Å². The maximum absolute atomic E-state index is 4.38. The molecule has 22 heavy (non-hydrogen) atoms. The van der Waals surface area contributed by atoms with Crippen LogP contribution in [0, 0.1) is 0 Å². The average molecular weight is 358 g/mol. The third-order valence-corrected chi connectivity index (χ3v) is 4.35. The van der Waals surface area contributed by atoms with Crippen molar-refractivity contribution in [1.29, 1.82) is 0 Å². The predicted octanol–water partition coefficient (Wildman–Crippen LogP) is 4.89. The van der Waals surface area contributed by atoms with Gasteiger partial charge in [0, 0.05) is 28.8 Å². The standard InChI is InChI=1S/C18H20BrN3/c19-16-10-9-15(14-20-21-17-7-3-1-4-8-17)18(13-16)22-11-5-2-6-12-22/h1,3-4,7-10,13-14,21H,2,5-6,11-12H2. The van der Waals surface area contributed by atoms with Gasteiger partial charge >= 0.3 is 0 Å². The van der Waals surface area contributed by atoms with Gasteiger partial charge in [-0.3, -0.25) is 5.43 Å². The van der Waals surface area contributed by atoms with Crippen LogP contribution in [-0.2, 0) is 0 Å². The Hall–Kier alpha value is -1.81. The molecule has 0 saturated carbocycles. The third kappa shape index (κ3) is 3.89. The van der Waals surface area contributed by atoms with Gasteiger partial charge in [0.25, 0.3) is 0 Å². The zero-order valence-electron chi connectivity index (χ0n) is 12.5. The van der Waals surface area contributed by atoms with E-state index in [0.29, 0.717) is 0 Å². The summed E-state index contributed by atoms with van der Waals surface area (Å²) in [6.07, 6.45) is 5.78. The van der Waals surface area contributed by atoms with Gasteiger partial charge in [0.1, 0.15) is 0 Å². The molecule has 4 heteroatoms. The molecule has 0 radical (unpaired) electrons. The lowest BCUT2D eigenvalue weighted by Gasteiger charge is -2.30. The molecule has 0 unspecified atom stereocenters. The van der Waals surface area contributed by atoms with Crippen LogP contribution in [-0.4, -0.2) is 19.3 Å². The van der Waals surface area contributed by atoms with E-state index in [0.717, 1.165) is 28.8 Å². The number of para-hydroxylation sites is 1. The number of piperidine rings is 1. The molecule has 0 aliphatic carbocycles. The number of hydrogen-bond acceptors (Lipinski definition) is 3. The first-order chi connectivity index (χ1) is 10.8. The topological polar surface area (TPSA) is 27.6 Å². The first-order valence-electron chi connectivity index (χ1n) is 7.71. The Morgan fingerprint density at radius 1 is 1.00 bits per heavy atom. The summed E-state index contributed by atoms with van der Waals surface area (Å²) in [5.41, 5.74) is 6.48. The predicted molar refractivity (Wildman–Crippen MR) is 97.9 cm³/mol. The molecule has 0 amide bonds. The smallest absolute Gasteiger partial charge is 0.0565 e. The van der Waals surface area contributed by atoms with Gasteiger partial charge in [-0.2, -0.15) is 5.10 Å². The summed E-state index contributed by atoms with van der Waals surface area (Å²) in [5, 5.41) is 4.38. The molecule has 1 saturated heterocycles. The van der Waals surface area contributed by atoms with E-state index >= 15 is 0 Å². The number of anilines is 2. The monoisotopic (exact) mass is 357 g/mol. The summed E-state index contributed by atoms with van der Waals surface area (Å²) in [6, 6.07) is 16.4. The number of nitrogens with zero attached hydrogens (tertiary/aromatic N) is 2. The number of halogens is 1. The lowest BCUT2D eigenvalue weighted by Crippen LogP contribution is -2.30. The SMILES string of the molecule is Brc1ccc(C=NNc2ccccc2)c(N2CCCCC2)c1. The molecular weight excluding hydrogens is 338 g/mol. The maximum Gasteiger partial charge on any atom is 0.0565 e. The Morgan fingerprint density at radius 3 is 2.55 bits per heavy atom. The van der Waals surface area contributed by atoms with Gasteiger partial charge in [-0.1, -0.05) is 40.2 Å². The van der Waals surface area contributed by atoms with E-state index in [1.165, 1.54) is 24.9 Å². The summed E-state index contributed by atoms with van der Waals surface area (Å²) >= 11 is 3.58. The molecule has 3 rings (SSSR count). The minimum atomic E-state index is 0.996. The number of hydrazone groups is 1. The molecule has 3 nitrogen and oxygen atoms in total. The molecule has 1 heterocycles. The van der Waals surface area contributed by atoms with E-state index in [4.69, 9.17) is 0 Å². The minimum Gasteiger partial charge on any atom is -0.371 e. The molecule has 1 aliphatic heterocycles. The molecule has 2 aromatic rings. The lowest BCUT2D eigenvalue weighted by molar-refractivity contribution is 0.577. The van der Waals surface area contributed by atoms with Gasteiger partial charge < -0.3 is 4.90 Å². The van der Waals surface area contributed by atoms with Crippen LogP contribution in [0.4, 0.5) is 11.4 Å². The Balaban J connectivity index is 1.77. The average Bonchev–Trinajstić information content (AvgIpc) is 2.58. The number of benzene rings is 2. The summed E-state index contributed by atoms with van der Waals surface area (Å²) < 4.78 is 1.11. The van der Waals surface area contributed by atoms with Crippen molar-refractivity contribution in [2.75, 3.05) is 23.4 Å². The van der Waals surface area contributed by atoms with Gasteiger partial charge in [-0.25, -0.2) is 0 Å². The third-order valence-electron chi connectivity index (χ3n) is 3.86. The summed E-state index contributed by atoms with van der Waals surface area (Å²) in [7, 11) is 0. The van der Waals surface area contributed by atoms with Crippen molar-refractivity contribution in [2.45, 2.75) is 19.3 Å². The van der Waals surface area contributed by atoms with Crippen LogP contribution >= 0.6 is 15.9 Å². The lowest BCUT2D eigenvalue weighted by atomic mass is 10.1. The Bertz CT molecular complexity index is 634. The van der Waals surface area contributed by atoms with E-state index in [1.54, 1.807) is 0 Å². The highest BCUT2D eigenvalue weighted by molar-refractivity contribution is 9.10. The Labute approximate surface area is 140 Å². The second-order valence-corrected chi connectivity index (χ2v) is 6.40. The summed E-state index contributed by atoms with van der Waals surface area (Å²) in [6.45, 7) is 2.26. The molecule has 0 atom stereocenters. The molecule has 0 bridgehead atoms. The van der Waals surface area contributed by atoms with Crippen molar-refractivity contribution < 1.29 is 0 Å². The van der Waals surface area contributed by atoms with Crippen LogP contribution in [0.2, 0.25) is 0 Å².